The summed E-state index contributed by atoms with van der Waals surface area (Å²) in [6, 6.07) is 12.2. The Bertz CT molecular complexity index is 786. The number of methoxy groups -OCH3 is 1. The number of carbonyl (C=O) groups excluding carboxylic acids is 1. The molecule has 1 heterocycles. The van der Waals surface area contributed by atoms with E-state index in [0.29, 0.717) is 12.8 Å². The van der Waals surface area contributed by atoms with Crippen molar-refractivity contribution < 1.29 is 9.53 Å². The van der Waals surface area contributed by atoms with Crippen molar-refractivity contribution in [2.45, 2.75) is 32.6 Å². The number of carbonyl (C=O) groups is 1. The average molecular weight is 417 g/mol. The van der Waals surface area contributed by atoms with Gasteiger partial charge in [0.25, 0.3) is 0 Å². The number of halogens is 1. The van der Waals surface area contributed by atoms with Gasteiger partial charge in [-0.25, -0.2) is 0 Å². The first-order chi connectivity index (χ1) is 12.6. The molecule has 0 bridgehead atoms. The third kappa shape index (κ3) is 4.58. The molecular formula is C21H25BrN2O2. The van der Waals surface area contributed by atoms with Crippen LogP contribution in [0.2, 0.25) is 0 Å². The molecule has 1 N–H and O–H groups in total. The summed E-state index contributed by atoms with van der Waals surface area (Å²) in [4.78, 5) is 14.7. The number of amides is 1. The van der Waals surface area contributed by atoms with Crippen LogP contribution in [0.1, 0.15) is 30.4 Å². The highest BCUT2D eigenvalue weighted by Crippen LogP contribution is 2.27. The van der Waals surface area contributed by atoms with E-state index in [-0.39, 0.29) is 5.91 Å². The summed E-state index contributed by atoms with van der Waals surface area (Å²) in [6.07, 6.45) is 3.67. The van der Waals surface area contributed by atoms with Crippen LogP contribution >= 0.6 is 15.9 Å². The van der Waals surface area contributed by atoms with Gasteiger partial charge in [0.15, 0.2) is 0 Å². The quantitative estimate of drug-likeness (QED) is 0.724. The first-order valence-corrected chi connectivity index (χ1v) is 9.84. The Morgan fingerprint density at radius 3 is 2.62 bits per heavy atom. The fourth-order valence-corrected chi connectivity index (χ4v) is 3.88. The van der Waals surface area contributed by atoms with Gasteiger partial charge in [-0.15, -0.1) is 0 Å². The number of hydrogen-bond donors (Lipinski definition) is 1. The van der Waals surface area contributed by atoms with Crippen molar-refractivity contribution in [1.29, 1.82) is 0 Å². The van der Waals surface area contributed by atoms with Gasteiger partial charge < -0.3 is 15.0 Å². The van der Waals surface area contributed by atoms with E-state index in [1.165, 1.54) is 18.5 Å². The van der Waals surface area contributed by atoms with Gasteiger partial charge in [0.05, 0.1) is 11.6 Å². The van der Waals surface area contributed by atoms with E-state index >= 15 is 0 Å². The van der Waals surface area contributed by atoms with Gasteiger partial charge in [-0.1, -0.05) is 6.07 Å². The summed E-state index contributed by atoms with van der Waals surface area (Å²) in [6.45, 7) is 4.31. The first kappa shape index (κ1) is 18.8. The molecule has 0 unspecified atom stereocenters. The van der Waals surface area contributed by atoms with Crippen molar-refractivity contribution >= 4 is 33.2 Å². The van der Waals surface area contributed by atoms with E-state index in [2.05, 4.69) is 45.2 Å². The number of benzene rings is 2. The molecule has 138 valence electrons. The molecule has 2 aromatic rings. The molecule has 1 aliphatic heterocycles. The fraction of sp³-hybridized carbons (Fsp3) is 0.381. The minimum Gasteiger partial charge on any atom is -0.496 e. The summed E-state index contributed by atoms with van der Waals surface area (Å²) >= 11 is 3.48. The van der Waals surface area contributed by atoms with E-state index < -0.39 is 0 Å². The Kier molecular flexibility index (Phi) is 6.20. The predicted octanol–water partition coefficient (Wildman–Crippen LogP) is 4.94. The number of nitrogens with zero attached hydrogens (tertiary/aromatic N) is 1. The molecule has 4 nitrogen and oxygen atoms in total. The average Bonchev–Trinajstić information content (AvgIpc) is 3.16. The maximum absolute atomic E-state index is 12.3. The van der Waals surface area contributed by atoms with E-state index in [4.69, 9.17) is 4.74 Å². The minimum absolute atomic E-state index is 0.0361. The van der Waals surface area contributed by atoms with Crippen molar-refractivity contribution in [1.82, 2.24) is 0 Å². The van der Waals surface area contributed by atoms with Gasteiger partial charge >= 0.3 is 0 Å². The second kappa shape index (κ2) is 8.58. The highest BCUT2D eigenvalue weighted by molar-refractivity contribution is 9.10. The van der Waals surface area contributed by atoms with E-state index in [0.717, 1.165) is 40.1 Å². The van der Waals surface area contributed by atoms with Crippen LogP contribution in [0.3, 0.4) is 0 Å². The lowest BCUT2D eigenvalue weighted by Crippen LogP contribution is -2.18. The molecule has 1 amide bonds. The zero-order valence-electron chi connectivity index (χ0n) is 15.3. The zero-order chi connectivity index (χ0) is 18.5. The first-order valence-electron chi connectivity index (χ1n) is 9.04. The van der Waals surface area contributed by atoms with Gasteiger partial charge in [0.2, 0.25) is 5.91 Å². The number of rotatable bonds is 6. The van der Waals surface area contributed by atoms with Gasteiger partial charge in [0.1, 0.15) is 5.75 Å². The molecule has 26 heavy (non-hydrogen) atoms. The number of anilines is 2. The molecule has 2 aromatic carbocycles. The monoisotopic (exact) mass is 416 g/mol. The lowest BCUT2D eigenvalue weighted by atomic mass is 10.1. The number of nitrogens with one attached hydrogen (secondary N) is 1. The van der Waals surface area contributed by atoms with Gasteiger partial charge in [-0.3, -0.25) is 4.79 Å². The number of ether oxygens (including phenoxy) is 1. The van der Waals surface area contributed by atoms with Crippen LogP contribution in [0.15, 0.2) is 40.9 Å². The summed E-state index contributed by atoms with van der Waals surface area (Å²) < 4.78 is 6.14. The molecule has 0 aromatic heterocycles. The Morgan fingerprint density at radius 1 is 1.19 bits per heavy atom. The largest absolute Gasteiger partial charge is 0.496 e. The summed E-state index contributed by atoms with van der Waals surface area (Å²) in [5.74, 6) is 0.834. The Hall–Kier alpha value is -2.01. The molecule has 5 heteroatoms. The van der Waals surface area contributed by atoms with Crippen LogP contribution in [-0.2, 0) is 11.2 Å². The van der Waals surface area contributed by atoms with Crippen LogP contribution in [0.25, 0.3) is 0 Å². The molecule has 0 radical (unpaired) electrons. The maximum atomic E-state index is 12.3. The lowest BCUT2D eigenvalue weighted by Gasteiger charge is -2.19. The molecule has 0 spiro atoms. The maximum Gasteiger partial charge on any atom is 0.224 e. The van der Waals surface area contributed by atoms with E-state index in [1.54, 1.807) is 7.11 Å². The van der Waals surface area contributed by atoms with Crippen LogP contribution in [0, 0.1) is 6.92 Å². The van der Waals surface area contributed by atoms with Gasteiger partial charge in [-0.2, -0.15) is 0 Å². The molecule has 1 aliphatic rings. The molecular weight excluding hydrogens is 392 g/mol. The fourth-order valence-electron chi connectivity index (χ4n) is 3.30. The summed E-state index contributed by atoms with van der Waals surface area (Å²) in [5, 5.41) is 3.04. The normalized spacial score (nSPS) is 13.7. The third-order valence-electron chi connectivity index (χ3n) is 4.81. The van der Waals surface area contributed by atoms with Gasteiger partial charge in [0, 0.05) is 30.9 Å². The molecule has 1 fully saturated rings. The smallest absolute Gasteiger partial charge is 0.224 e. The van der Waals surface area contributed by atoms with Crippen molar-refractivity contribution in [3.8, 4) is 5.75 Å². The standard InChI is InChI=1S/C21H25BrN2O2/c1-15-13-17(24-11-3-4-12-24)7-8-19(15)23-21(25)10-6-16-5-9-20(26-2)18(22)14-16/h5,7-9,13-14H,3-4,6,10-12H2,1-2H3,(H,23,25). The van der Waals surface area contributed by atoms with E-state index in [1.807, 2.05) is 24.3 Å². The van der Waals surface area contributed by atoms with Crippen LogP contribution < -0.4 is 15.0 Å². The predicted molar refractivity (Wildman–Crippen MR) is 110 cm³/mol. The second-order valence-corrected chi connectivity index (χ2v) is 7.56. The summed E-state index contributed by atoms with van der Waals surface area (Å²) in [7, 11) is 1.64. The topological polar surface area (TPSA) is 41.6 Å². The molecule has 3 rings (SSSR count). The Morgan fingerprint density at radius 2 is 1.96 bits per heavy atom. The SMILES string of the molecule is COc1ccc(CCC(=O)Nc2ccc(N3CCCC3)cc2C)cc1Br. The molecule has 0 aliphatic carbocycles. The highest BCUT2D eigenvalue weighted by Gasteiger charge is 2.14. The third-order valence-corrected chi connectivity index (χ3v) is 5.43. The second-order valence-electron chi connectivity index (χ2n) is 6.71. The number of aryl methyl sites for hydroxylation is 2. The number of hydrogen-bond acceptors (Lipinski definition) is 3. The lowest BCUT2D eigenvalue weighted by molar-refractivity contribution is -0.116. The van der Waals surface area contributed by atoms with Crippen molar-refractivity contribution in [2.24, 2.45) is 0 Å². The Balaban J connectivity index is 1.57. The van der Waals surface area contributed by atoms with Crippen molar-refractivity contribution in [3.63, 3.8) is 0 Å². The van der Waals surface area contributed by atoms with Crippen LogP contribution in [-0.4, -0.2) is 26.1 Å². The zero-order valence-corrected chi connectivity index (χ0v) is 16.9. The van der Waals surface area contributed by atoms with Gasteiger partial charge in [-0.05, 0) is 83.6 Å². The minimum atomic E-state index is 0.0361. The van der Waals surface area contributed by atoms with Crippen LogP contribution in [0.5, 0.6) is 5.75 Å². The van der Waals surface area contributed by atoms with Crippen molar-refractivity contribution in [2.75, 3.05) is 30.4 Å². The highest BCUT2D eigenvalue weighted by atomic mass is 79.9. The molecule has 1 saturated heterocycles. The summed E-state index contributed by atoms with van der Waals surface area (Å²) in [5.41, 5.74) is 4.36. The molecule has 0 atom stereocenters. The van der Waals surface area contributed by atoms with E-state index in [9.17, 15) is 4.79 Å². The molecule has 0 saturated carbocycles. The Labute approximate surface area is 163 Å². The van der Waals surface area contributed by atoms with Crippen LogP contribution in [0.4, 0.5) is 11.4 Å². The van der Waals surface area contributed by atoms with Crippen molar-refractivity contribution in [3.05, 3.63) is 52.0 Å².